The van der Waals surface area contributed by atoms with Crippen LogP contribution in [-0.2, 0) is 11.4 Å². The number of nitrogens with one attached hydrogen (secondary N) is 1. The zero-order chi connectivity index (χ0) is 29.4. The van der Waals surface area contributed by atoms with E-state index < -0.39 is 17.8 Å². The van der Waals surface area contributed by atoms with E-state index in [0.29, 0.717) is 34.7 Å². The molecule has 2 N–H and O–H groups in total. The Morgan fingerprint density at radius 1 is 1.05 bits per heavy atom. The summed E-state index contributed by atoms with van der Waals surface area (Å²) >= 11 is 0. The minimum atomic E-state index is -1.11. The second kappa shape index (κ2) is 10.8. The molecule has 1 aromatic heterocycles. The van der Waals surface area contributed by atoms with Crippen LogP contribution in [0.4, 0.5) is 15.8 Å². The van der Waals surface area contributed by atoms with Gasteiger partial charge in [0.05, 0.1) is 11.7 Å². The Labute approximate surface area is 243 Å². The first-order chi connectivity index (χ1) is 20.2. The predicted molar refractivity (Wildman–Crippen MR) is 158 cm³/mol. The minimum absolute atomic E-state index is 0.0894. The Bertz CT molecular complexity index is 1700. The van der Waals surface area contributed by atoms with Crippen LogP contribution in [0.2, 0.25) is 0 Å². The van der Waals surface area contributed by atoms with Crippen molar-refractivity contribution in [3.05, 3.63) is 125 Å². The third kappa shape index (κ3) is 5.11. The van der Waals surface area contributed by atoms with Crippen LogP contribution in [0.3, 0.4) is 0 Å². The van der Waals surface area contributed by atoms with Gasteiger partial charge in [-0.15, -0.1) is 0 Å². The summed E-state index contributed by atoms with van der Waals surface area (Å²) in [6.45, 7) is 4.23. The average molecular weight is 564 g/mol. The number of ether oxygens (including phenoxy) is 1. The normalized spacial score (nSPS) is 17.5. The number of carbonyl (C=O) groups excluding carboxylic acids is 2. The molecular formula is C34H30FN3O4. The maximum Gasteiger partial charge on any atom is 0.259 e. The first-order valence-electron chi connectivity index (χ1n) is 13.8. The van der Waals surface area contributed by atoms with Crippen molar-refractivity contribution in [3.8, 4) is 11.5 Å². The van der Waals surface area contributed by atoms with Gasteiger partial charge in [-0.3, -0.25) is 19.5 Å². The van der Waals surface area contributed by atoms with Gasteiger partial charge in [-0.1, -0.05) is 50.2 Å². The van der Waals surface area contributed by atoms with Crippen LogP contribution in [0, 0.1) is 11.2 Å². The van der Waals surface area contributed by atoms with Crippen LogP contribution >= 0.6 is 0 Å². The fourth-order valence-corrected chi connectivity index (χ4v) is 5.75. The van der Waals surface area contributed by atoms with Crippen molar-refractivity contribution >= 4 is 23.1 Å². The number of aromatic nitrogens is 1. The predicted octanol–water partition coefficient (Wildman–Crippen LogP) is 6.96. The number of hydrogen-bond donors (Lipinski definition) is 2. The summed E-state index contributed by atoms with van der Waals surface area (Å²) in [4.78, 5) is 33.6. The molecule has 8 heteroatoms. The third-order valence-corrected chi connectivity index (χ3v) is 7.67. The number of carbonyl (C=O) groups is 2. The summed E-state index contributed by atoms with van der Waals surface area (Å²) in [5.74, 6) is -1.05. The summed E-state index contributed by atoms with van der Waals surface area (Å²) in [5, 5.41) is 14.2. The smallest absolute Gasteiger partial charge is 0.259 e. The molecule has 7 nitrogen and oxygen atoms in total. The van der Waals surface area contributed by atoms with E-state index in [1.165, 1.54) is 29.4 Å². The molecule has 0 saturated heterocycles. The van der Waals surface area contributed by atoms with Gasteiger partial charge in [0.2, 0.25) is 0 Å². The van der Waals surface area contributed by atoms with Crippen LogP contribution in [0.5, 0.6) is 11.5 Å². The highest BCUT2D eigenvalue weighted by Gasteiger charge is 2.44. The molecule has 6 rings (SSSR count). The fraction of sp³-hybridized carbons (Fsp3) is 0.206. The Hall–Kier alpha value is -4.98. The first kappa shape index (κ1) is 27.2. The Balaban J connectivity index is 1.52. The molecule has 1 unspecified atom stereocenters. The molecule has 1 amide bonds. The maximum absolute atomic E-state index is 16.2. The number of Topliss-reactive ketones (excluding diaryl/α,β-unsaturated/α-hetero) is 1. The van der Waals surface area contributed by atoms with Crippen molar-refractivity contribution in [1.29, 1.82) is 0 Å². The van der Waals surface area contributed by atoms with E-state index in [9.17, 15) is 14.7 Å². The molecule has 2 heterocycles. The number of halogens is 1. The van der Waals surface area contributed by atoms with Crippen molar-refractivity contribution in [2.75, 3.05) is 10.2 Å². The quantitative estimate of drug-likeness (QED) is 0.255. The van der Waals surface area contributed by atoms with Crippen LogP contribution in [-0.4, -0.2) is 21.8 Å². The molecule has 1 aliphatic heterocycles. The lowest BCUT2D eigenvalue weighted by molar-refractivity contribution is -0.118. The van der Waals surface area contributed by atoms with E-state index in [-0.39, 0.29) is 41.2 Å². The molecule has 3 aromatic carbocycles. The molecule has 212 valence electrons. The fourth-order valence-electron chi connectivity index (χ4n) is 5.75. The first-order valence-corrected chi connectivity index (χ1v) is 13.8. The van der Waals surface area contributed by atoms with Crippen molar-refractivity contribution in [2.45, 2.75) is 39.3 Å². The number of phenolic OH excluding ortho intramolecular Hbond substituents is 1. The number of rotatable bonds is 5. The Kier molecular flexibility index (Phi) is 6.98. The summed E-state index contributed by atoms with van der Waals surface area (Å²) in [6.07, 6.45) is 3.69. The molecule has 1 atom stereocenters. The largest absolute Gasteiger partial charge is 0.506 e. The number of amides is 1. The minimum Gasteiger partial charge on any atom is -0.506 e. The number of aromatic hydroxyl groups is 1. The second-order valence-electron chi connectivity index (χ2n) is 11.4. The number of pyridine rings is 1. The molecule has 0 fully saturated rings. The number of anilines is 2. The highest BCUT2D eigenvalue weighted by Crippen LogP contribution is 2.51. The number of allylic oxidation sites excluding steroid dienone is 1. The third-order valence-electron chi connectivity index (χ3n) is 7.67. The lowest BCUT2D eigenvalue weighted by atomic mass is 9.73. The van der Waals surface area contributed by atoms with Gasteiger partial charge in [-0.05, 0) is 53.8 Å². The van der Waals surface area contributed by atoms with Crippen molar-refractivity contribution in [2.24, 2.45) is 5.41 Å². The zero-order valence-electron chi connectivity index (χ0n) is 23.3. The number of fused-ring (bicyclic) bond motifs is 1. The second-order valence-corrected chi connectivity index (χ2v) is 11.4. The van der Waals surface area contributed by atoms with Crippen molar-refractivity contribution < 1.29 is 23.8 Å². The monoisotopic (exact) mass is 563 g/mol. The number of para-hydroxylation sites is 1. The van der Waals surface area contributed by atoms with Crippen LogP contribution in [0.15, 0.2) is 103 Å². The molecule has 2 aliphatic rings. The summed E-state index contributed by atoms with van der Waals surface area (Å²) in [5.41, 5.74) is 2.46. The van der Waals surface area contributed by atoms with Crippen molar-refractivity contribution in [1.82, 2.24) is 4.98 Å². The van der Waals surface area contributed by atoms with Gasteiger partial charge in [-0.2, -0.15) is 0 Å². The van der Waals surface area contributed by atoms with Crippen LogP contribution < -0.4 is 15.0 Å². The molecule has 42 heavy (non-hydrogen) atoms. The molecule has 0 spiro atoms. The van der Waals surface area contributed by atoms with E-state index in [1.807, 2.05) is 44.2 Å². The SMILES string of the molecule is CC1(C)CC(=O)C2=C(C1)Nc1c(O)cccc1N(C(=O)c1ccncc1)C2c1ccc(OCc2ccccc2)cc1F. The lowest BCUT2D eigenvalue weighted by Gasteiger charge is -2.37. The van der Waals surface area contributed by atoms with Gasteiger partial charge in [-0.25, -0.2) is 4.39 Å². The van der Waals surface area contributed by atoms with E-state index in [1.54, 1.807) is 36.4 Å². The van der Waals surface area contributed by atoms with E-state index in [0.717, 1.165) is 5.56 Å². The van der Waals surface area contributed by atoms with Gasteiger partial charge in [0.25, 0.3) is 5.91 Å². The topological polar surface area (TPSA) is 91.8 Å². The highest BCUT2D eigenvalue weighted by molar-refractivity contribution is 6.12. The number of benzene rings is 3. The molecule has 0 saturated carbocycles. The van der Waals surface area contributed by atoms with Crippen LogP contribution in [0.25, 0.3) is 0 Å². The summed E-state index contributed by atoms with van der Waals surface area (Å²) < 4.78 is 22.1. The molecule has 1 aliphatic carbocycles. The Morgan fingerprint density at radius 3 is 2.55 bits per heavy atom. The molecule has 0 bridgehead atoms. The molecular weight excluding hydrogens is 533 g/mol. The Morgan fingerprint density at radius 2 is 1.81 bits per heavy atom. The summed E-state index contributed by atoms with van der Waals surface area (Å²) in [7, 11) is 0. The van der Waals surface area contributed by atoms with Gasteiger partial charge >= 0.3 is 0 Å². The van der Waals surface area contributed by atoms with Gasteiger partial charge in [0.15, 0.2) is 5.78 Å². The van der Waals surface area contributed by atoms with E-state index in [4.69, 9.17) is 4.74 Å². The lowest BCUT2D eigenvalue weighted by Crippen LogP contribution is -2.40. The number of nitrogens with zero attached hydrogens (tertiary/aromatic N) is 2. The standard InChI is InChI=1S/C34H30FN3O4/c1-34(2)18-26-30(29(40)19-34)32(24-12-11-23(17-25(24)35)42-20-21-7-4-3-5-8-21)38(33(41)22-13-15-36-16-14-22)27-9-6-10-28(39)31(27)37-26/h3-17,32,37,39H,18-20H2,1-2H3. The highest BCUT2D eigenvalue weighted by atomic mass is 19.1. The van der Waals surface area contributed by atoms with Gasteiger partial charge in [0.1, 0.15) is 29.6 Å². The molecule has 4 aromatic rings. The van der Waals surface area contributed by atoms with Crippen LogP contribution in [0.1, 0.15) is 54.2 Å². The van der Waals surface area contributed by atoms with Crippen molar-refractivity contribution in [3.63, 3.8) is 0 Å². The van der Waals surface area contributed by atoms with Gasteiger partial charge < -0.3 is 15.2 Å². The van der Waals surface area contributed by atoms with E-state index >= 15 is 4.39 Å². The maximum atomic E-state index is 16.2. The average Bonchev–Trinajstić information content (AvgIpc) is 3.11. The van der Waals surface area contributed by atoms with E-state index in [2.05, 4.69) is 10.3 Å². The summed E-state index contributed by atoms with van der Waals surface area (Å²) in [6, 6.07) is 20.9. The number of phenols is 1. The van der Waals surface area contributed by atoms with Gasteiger partial charge in [0, 0.05) is 47.3 Å². The zero-order valence-corrected chi connectivity index (χ0v) is 23.3. The molecule has 0 radical (unpaired) electrons. The number of hydrogen-bond acceptors (Lipinski definition) is 6. The number of ketones is 1.